The van der Waals surface area contributed by atoms with E-state index < -0.39 is 41.4 Å². The molecule has 0 saturated carbocycles. The van der Waals surface area contributed by atoms with Gasteiger partial charge < -0.3 is 14.4 Å². The molecule has 0 aliphatic carbocycles. The first-order chi connectivity index (χ1) is 12.4. The second kappa shape index (κ2) is 7.95. The second-order valence-corrected chi connectivity index (χ2v) is 8.17. The monoisotopic (exact) mass is 450 g/mol. The normalized spacial score (nSPS) is 19.5. The molecule has 0 N–H and O–H groups in total. The van der Waals surface area contributed by atoms with Gasteiger partial charge in [0.1, 0.15) is 18.0 Å². The van der Waals surface area contributed by atoms with Crippen molar-refractivity contribution in [3.05, 3.63) is 32.8 Å². The number of ether oxygens (including phenoxy) is 2. The van der Waals surface area contributed by atoms with E-state index in [9.17, 15) is 23.7 Å². The molecule has 2 rings (SSSR count). The van der Waals surface area contributed by atoms with Crippen molar-refractivity contribution in [2.24, 2.45) is 0 Å². The number of piperidine rings is 1. The van der Waals surface area contributed by atoms with E-state index in [0.717, 1.165) is 0 Å². The van der Waals surface area contributed by atoms with Gasteiger partial charge in [-0.3, -0.25) is 10.1 Å². The van der Waals surface area contributed by atoms with Crippen LogP contribution >= 0.6 is 15.9 Å². The van der Waals surface area contributed by atoms with Crippen molar-refractivity contribution in [3.63, 3.8) is 0 Å². The van der Waals surface area contributed by atoms with Crippen molar-refractivity contribution in [1.82, 2.24) is 4.90 Å². The number of hydrogen-bond acceptors (Lipinski definition) is 5. The van der Waals surface area contributed by atoms with Crippen LogP contribution < -0.4 is 4.74 Å². The van der Waals surface area contributed by atoms with Crippen molar-refractivity contribution < 1.29 is 28.0 Å². The van der Waals surface area contributed by atoms with Crippen LogP contribution in [-0.2, 0) is 4.74 Å². The van der Waals surface area contributed by atoms with Crippen LogP contribution in [0.2, 0.25) is 0 Å². The van der Waals surface area contributed by atoms with Gasteiger partial charge in [-0.15, -0.1) is 0 Å². The van der Waals surface area contributed by atoms with Crippen LogP contribution in [0.25, 0.3) is 0 Å². The molecule has 27 heavy (non-hydrogen) atoms. The zero-order valence-electron chi connectivity index (χ0n) is 15.2. The van der Waals surface area contributed by atoms with Crippen LogP contribution in [0.4, 0.5) is 19.3 Å². The van der Waals surface area contributed by atoms with Gasteiger partial charge in [0.05, 0.1) is 15.4 Å². The Morgan fingerprint density at radius 3 is 2.67 bits per heavy atom. The van der Waals surface area contributed by atoms with Crippen LogP contribution in [0.5, 0.6) is 5.75 Å². The molecular weight excluding hydrogens is 430 g/mol. The van der Waals surface area contributed by atoms with E-state index in [-0.39, 0.29) is 24.6 Å². The van der Waals surface area contributed by atoms with Crippen LogP contribution in [-0.4, -0.2) is 46.6 Å². The Hall–Kier alpha value is -1.97. The first-order valence-electron chi connectivity index (χ1n) is 8.32. The second-order valence-electron chi connectivity index (χ2n) is 7.32. The number of nitro groups is 1. The number of carbonyl (C=O) groups is 1. The number of likely N-dealkylation sites (tertiary alicyclic amines) is 1. The number of nitro benzene ring substituents is 1. The van der Waals surface area contributed by atoms with E-state index in [2.05, 4.69) is 15.9 Å². The minimum Gasteiger partial charge on any atom is -0.490 e. The van der Waals surface area contributed by atoms with Gasteiger partial charge in [0.2, 0.25) is 0 Å². The van der Waals surface area contributed by atoms with Gasteiger partial charge >= 0.3 is 6.09 Å². The average Bonchev–Trinajstić information content (AvgIpc) is 2.51. The molecule has 10 heteroatoms. The molecule has 7 nitrogen and oxygen atoms in total. The topological polar surface area (TPSA) is 81.9 Å². The number of carbonyl (C=O) groups excluding carboxylic acids is 1. The van der Waals surface area contributed by atoms with E-state index in [4.69, 9.17) is 9.47 Å². The molecule has 0 bridgehead atoms. The summed E-state index contributed by atoms with van der Waals surface area (Å²) in [6.07, 6.45) is -1.66. The highest BCUT2D eigenvalue weighted by Crippen LogP contribution is 2.34. The molecule has 0 aromatic heterocycles. The SMILES string of the molecule is CC(C)(C)OC(=O)N1CCC(F)(F)CC1COc1ccc([N+](=O)[O-])cc1Br. The van der Waals surface area contributed by atoms with Gasteiger partial charge in [0.25, 0.3) is 11.6 Å². The quantitative estimate of drug-likeness (QED) is 0.487. The van der Waals surface area contributed by atoms with Crippen LogP contribution in [0.15, 0.2) is 22.7 Å². The van der Waals surface area contributed by atoms with Gasteiger partial charge in [-0.2, -0.15) is 0 Å². The third-order valence-electron chi connectivity index (χ3n) is 3.88. The van der Waals surface area contributed by atoms with Crippen molar-refractivity contribution in [1.29, 1.82) is 0 Å². The number of benzene rings is 1. The van der Waals surface area contributed by atoms with Crippen LogP contribution in [0.1, 0.15) is 33.6 Å². The fraction of sp³-hybridized carbons (Fsp3) is 0.588. The first-order valence-corrected chi connectivity index (χ1v) is 9.11. The van der Waals surface area contributed by atoms with Gasteiger partial charge in [0, 0.05) is 31.5 Å². The molecule has 1 heterocycles. The minimum absolute atomic E-state index is 0.131. The van der Waals surface area contributed by atoms with Gasteiger partial charge in [-0.25, -0.2) is 13.6 Å². The molecule has 1 unspecified atom stereocenters. The maximum atomic E-state index is 13.9. The molecule has 1 amide bonds. The fourth-order valence-electron chi connectivity index (χ4n) is 2.64. The number of hydrogen-bond donors (Lipinski definition) is 0. The highest BCUT2D eigenvalue weighted by molar-refractivity contribution is 9.10. The Balaban J connectivity index is 2.12. The van der Waals surface area contributed by atoms with E-state index in [0.29, 0.717) is 4.47 Å². The Morgan fingerprint density at radius 1 is 1.44 bits per heavy atom. The van der Waals surface area contributed by atoms with E-state index in [1.54, 1.807) is 20.8 Å². The lowest BCUT2D eigenvalue weighted by Gasteiger charge is -2.39. The standard InChI is InChI=1S/C17H21BrF2N2O5/c1-16(2,3)27-15(23)21-7-6-17(19,20)9-12(21)10-26-14-5-4-11(22(24)25)8-13(14)18/h4-5,8,12H,6-7,9-10H2,1-3H3. The Labute approximate surface area is 163 Å². The van der Waals surface area contributed by atoms with Crippen molar-refractivity contribution in [2.75, 3.05) is 13.2 Å². The maximum Gasteiger partial charge on any atom is 0.410 e. The third-order valence-corrected chi connectivity index (χ3v) is 4.50. The highest BCUT2D eigenvalue weighted by atomic mass is 79.9. The average molecular weight is 451 g/mol. The summed E-state index contributed by atoms with van der Waals surface area (Å²) >= 11 is 3.16. The Bertz CT molecular complexity index is 724. The Morgan fingerprint density at radius 2 is 2.11 bits per heavy atom. The molecule has 1 saturated heterocycles. The largest absolute Gasteiger partial charge is 0.490 e. The fourth-order valence-corrected chi connectivity index (χ4v) is 3.12. The molecule has 150 valence electrons. The van der Waals surface area contributed by atoms with Crippen LogP contribution in [0, 0.1) is 10.1 Å². The summed E-state index contributed by atoms with van der Waals surface area (Å²) in [5.74, 6) is -2.64. The molecule has 1 aromatic carbocycles. The number of halogens is 3. The zero-order valence-corrected chi connectivity index (χ0v) is 16.8. The summed E-state index contributed by atoms with van der Waals surface area (Å²) in [4.78, 5) is 23.8. The molecule has 1 fully saturated rings. The molecule has 1 aliphatic heterocycles. The number of alkyl halides is 2. The van der Waals surface area contributed by atoms with Crippen molar-refractivity contribution >= 4 is 27.7 Å². The molecule has 1 aliphatic rings. The number of nitrogens with zero attached hydrogens (tertiary/aromatic N) is 2. The van der Waals surface area contributed by atoms with Gasteiger partial charge in [-0.1, -0.05) is 0 Å². The number of rotatable bonds is 4. The predicted molar refractivity (Wildman–Crippen MR) is 97.2 cm³/mol. The lowest BCUT2D eigenvalue weighted by atomic mass is 9.99. The van der Waals surface area contributed by atoms with Crippen molar-refractivity contribution in [3.8, 4) is 5.75 Å². The van der Waals surface area contributed by atoms with Crippen LogP contribution in [0.3, 0.4) is 0 Å². The molecule has 1 aromatic rings. The smallest absolute Gasteiger partial charge is 0.410 e. The molecule has 0 radical (unpaired) electrons. The number of non-ortho nitro benzene ring substituents is 1. The predicted octanol–water partition coefficient (Wildman–Crippen LogP) is 4.77. The van der Waals surface area contributed by atoms with Crippen molar-refractivity contribution in [2.45, 2.75) is 51.2 Å². The lowest BCUT2D eigenvalue weighted by molar-refractivity contribution is -0.385. The Kier molecular flexibility index (Phi) is 6.28. The summed E-state index contributed by atoms with van der Waals surface area (Å²) in [6.45, 7) is 4.76. The number of amides is 1. The maximum absolute atomic E-state index is 13.9. The van der Waals surface area contributed by atoms with E-state index >= 15 is 0 Å². The summed E-state index contributed by atoms with van der Waals surface area (Å²) in [5, 5.41) is 10.8. The summed E-state index contributed by atoms with van der Waals surface area (Å²) in [5.41, 5.74) is -0.877. The molecular formula is C17H21BrF2N2O5. The highest BCUT2D eigenvalue weighted by Gasteiger charge is 2.43. The summed E-state index contributed by atoms with van der Waals surface area (Å²) in [7, 11) is 0. The zero-order chi connectivity index (χ0) is 20.4. The van der Waals surface area contributed by atoms with Gasteiger partial charge in [0.15, 0.2) is 0 Å². The van der Waals surface area contributed by atoms with E-state index in [1.165, 1.54) is 23.1 Å². The van der Waals surface area contributed by atoms with Gasteiger partial charge in [-0.05, 0) is 42.8 Å². The van der Waals surface area contributed by atoms with E-state index in [1.807, 2.05) is 0 Å². The minimum atomic E-state index is -2.90. The third kappa shape index (κ3) is 6.02. The summed E-state index contributed by atoms with van der Waals surface area (Å²) < 4.78 is 38.9. The lowest BCUT2D eigenvalue weighted by Crippen LogP contribution is -2.53. The first kappa shape index (κ1) is 21.3. The molecule has 1 atom stereocenters. The summed E-state index contributed by atoms with van der Waals surface area (Å²) in [6, 6.07) is 3.00. The molecule has 0 spiro atoms.